The van der Waals surface area contributed by atoms with Crippen molar-refractivity contribution in [1.82, 2.24) is 4.98 Å². The molecule has 0 aliphatic rings. The van der Waals surface area contributed by atoms with Crippen LogP contribution in [0.25, 0.3) is 0 Å². The van der Waals surface area contributed by atoms with Gasteiger partial charge in [0, 0.05) is 6.20 Å². The van der Waals surface area contributed by atoms with Crippen LogP contribution in [0.15, 0.2) is 12.3 Å². The smallest absolute Gasteiger partial charge is 0.342 e. The van der Waals surface area contributed by atoms with Crippen LogP contribution >= 0.6 is 0 Å². The van der Waals surface area contributed by atoms with Gasteiger partial charge in [-0.25, -0.2) is 4.79 Å². The van der Waals surface area contributed by atoms with Gasteiger partial charge in [0.25, 0.3) is 0 Å². The maximum atomic E-state index is 11.6. The van der Waals surface area contributed by atoms with Crippen LogP contribution in [0, 0.1) is 6.92 Å². The van der Waals surface area contributed by atoms with Crippen LogP contribution in [0.2, 0.25) is 0 Å². The van der Waals surface area contributed by atoms with Gasteiger partial charge in [-0.05, 0) is 33.8 Å². The molecule has 0 aliphatic heterocycles. The molecule has 1 rings (SSSR count). The number of carbonyl (C=O) groups excluding carboxylic acids is 1. The number of hydrogen-bond donors (Lipinski definition) is 1. The zero-order valence-electron chi connectivity index (χ0n) is 9.37. The average molecular weight is 209 g/mol. The molecule has 0 aromatic carbocycles. The first kappa shape index (κ1) is 11.5. The molecule has 0 saturated heterocycles. The van der Waals surface area contributed by atoms with E-state index in [0.717, 1.165) is 0 Å². The normalized spacial score (nSPS) is 11.2. The molecule has 4 nitrogen and oxygen atoms in total. The summed E-state index contributed by atoms with van der Waals surface area (Å²) < 4.78 is 5.13. The summed E-state index contributed by atoms with van der Waals surface area (Å²) in [6.45, 7) is 6.95. The Morgan fingerprint density at radius 2 is 2.07 bits per heavy atom. The molecule has 0 amide bonds. The van der Waals surface area contributed by atoms with Crippen molar-refractivity contribution in [3.05, 3.63) is 23.5 Å². The second kappa shape index (κ2) is 3.88. The Kier molecular flexibility index (Phi) is 2.98. The summed E-state index contributed by atoms with van der Waals surface area (Å²) in [5.74, 6) is -0.655. The summed E-state index contributed by atoms with van der Waals surface area (Å²) in [5.41, 5.74) is -0.00321. The molecule has 0 radical (unpaired) electrons. The van der Waals surface area contributed by atoms with Gasteiger partial charge < -0.3 is 9.84 Å². The van der Waals surface area contributed by atoms with Crippen molar-refractivity contribution >= 4 is 5.97 Å². The number of pyridine rings is 1. The van der Waals surface area contributed by atoms with Gasteiger partial charge >= 0.3 is 5.97 Å². The number of nitrogens with zero attached hydrogens (tertiary/aromatic N) is 1. The molecule has 0 atom stereocenters. The van der Waals surface area contributed by atoms with Crippen molar-refractivity contribution in [2.24, 2.45) is 0 Å². The van der Waals surface area contributed by atoms with E-state index in [-0.39, 0.29) is 11.3 Å². The molecule has 1 aromatic heterocycles. The van der Waals surface area contributed by atoms with E-state index in [2.05, 4.69) is 4.98 Å². The maximum absolute atomic E-state index is 11.6. The molecule has 1 heterocycles. The van der Waals surface area contributed by atoms with Crippen LogP contribution in [0.1, 0.15) is 36.8 Å². The highest BCUT2D eigenvalue weighted by atomic mass is 16.6. The Labute approximate surface area is 88.9 Å². The highest BCUT2D eigenvalue weighted by Crippen LogP contribution is 2.22. The summed E-state index contributed by atoms with van der Waals surface area (Å²) in [4.78, 5) is 15.5. The fourth-order valence-electron chi connectivity index (χ4n) is 1.06. The van der Waals surface area contributed by atoms with E-state index in [0.29, 0.717) is 5.69 Å². The van der Waals surface area contributed by atoms with Gasteiger partial charge in [-0.2, -0.15) is 0 Å². The molecule has 0 spiro atoms. The number of aromatic nitrogens is 1. The Bertz CT molecular complexity index is 380. The standard InChI is InChI=1S/C11H15NO3/c1-7-9(13)8(5-6-12-7)10(14)15-11(2,3)4/h5-6,13H,1-4H3. The third-order valence-corrected chi connectivity index (χ3v) is 1.73. The Balaban J connectivity index is 2.97. The molecule has 1 N–H and O–H groups in total. The minimum absolute atomic E-state index is 0.119. The third kappa shape index (κ3) is 2.94. The summed E-state index contributed by atoms with van der Waals surface area (Å²) in [7, 11) is 0. The molecular formula is C11H15NO3. The summed E-state index contributed by atoms with van der Waals surface area (Å²) in [6.07, 6.45) is 1.47. The van der Waals surface area contributed by atoms with Crippen LogP contribution in [0.3, 0.4) is 0 Å². The minimum Gasteiger partial charge on any atom is -0.505 e. The largest absolute Gasteiger partial charge is 0.505 e. The fourth-order valence-corrected chi connectivity index (χ4v) is 1.06. The zero-order chi connectivity index (χ0) is 11.6. The summed E-state index contributed by atoms with van der Waals surface area (Å²) in [5, 5.41) is 9.60. The first-order chi connectivity index (χ1) is 6.81. The molecule has 0 bridgehead atoms. The third-order valence-electron chi connectivity index (χ3n) is 1.73. The summed E-state index contributed by atoms with van der Waals surface area (Å²) in [6, 6.07) is 1.44. The van der Waals surface area contributed by atoms with E-state index in [4.69, 9.17) is 4.74 Å². The van der Waals surface area contributed by atoms with E-state index in [1.165, 1.54) is 12.3 Å². The number of esters is 1. The van der Waals surface area contributed by atoms with E-state index in [9.17, 15) is 9.90 Å². The number of aromatic hydroxyl groups is 1. The maximum Gasteiger partial charge on any atom is 0.342 e. The lowest BCUT2D eigenvalue weighted by atomic mass is 10.1. The minimum atomic E-state index is -0.569. The molecule has 15 heavy (non-hydrogen) atoms. The predicted octanol–water partition coefficient (Wildman–Crippen LogP) is 2.05. The van der Waals surface area contributed by atoms with Crippen LogP contribution in [-0.4, -0.2) is 21.7 Å². The molecule has 4 heteroatoms. The van der Waals surface area contributed by atoms with Crippen LogP contribution in [0.5, 0.6) is 5.75 Å². The SMILES string of the molecule is Cc1nccc(C(=O)OC(C)(C)C)c1O. The molecule has 0 aliphatic carbocycles. The first-order valence-electron chi connectivity index (χ1n) is 4.69. The van der Waals surface area contributed by atoms with Crippen molar-refractivity contribution in [2.75, 3.05) is 0 Å². The van der Waals surface area contributed by atoms with Gasteiger partial charge in [0.1, 0.15) is 11.2 Å². The van der Waals surface area contributed by atoms with Crippen LogP contribution < -0.4 is 0 Å². The quantitative estimate of drug-likeness (QED) is 0.719. The Hall–Kier alpha value is -1.58. The van der Waals surface area contributed by atoms with Gasteiger partial charge in [0.05, 0.1) is 5.69 Å². The topological polar surface area (TPSA) is 59.4 Å². The van der Waals surface area contributed by atoms with Crippen molar-refractivity contribution in [1.29, 1.82) is 0 Å². The highest BCUT2D eigenvalue weighted by Gasteiger charge is 2.21. The van der Waals surface area contributed by atoms with Crippen molar-refractivity contribution < 1.29 is 14.6 Å². The first-order valence-corrected chi connectivity index (χ1v) is 4.69. The number of aryl methyl sites for hydroxylation is 1. The van der Waals surface area contributed by atoms with Crippen LogP contribution in [-0.2, 0) is 4.74 Å². The summed E-state index contributed by atoms with van der Waals surface area (Å²) >= 11 is 0. The second-order valence-electron chi connectivity index (χ2n) is 4.29. The van der Waals surface area contributed by atoms with E-state index >= 15 is 0 Å². The fraction of sp³-hybridized carbons (Fsp3) is 0.455. The lowest BCUT2D eigenvalue weighted by Gasteiger charge is -2.19. The number of ether oxygens (including phenoxy) is 1. The predicted molar refractivity (Wildman–Crippen MR) is 55.8 cm³/mol. The molecule has 0 saturated carbocycles. The van der Waals surface area contributed by atoms with Gasteiger partial charge in [0.15, 0.2) is 5.75 Å². The van der Waals surface area contributed by atoms with E-state index in [1.807, 2.05) is 0 Å². The molecule has 0 unspecified atom stereocenters. The number of carbonyl (C=O) groups is 1. The van der Waals surface area contributed by atoms with Gasteiger partial charge in [0.2, 0.25) is 0 Å². The zero-order valence-corrected chi connectivity index (χ0v) is 9.37. The molecule has 82 valence electrons. The molecule has 0 fully saturated rings. The second-order valence-corrected chi connectivity index (χ2v) is 4.29. The lowest BCUT2D eigenvalue weighted by Crippen LogP contribution is -2.24. The van der Waals surface area contributed by atoms with E-state index in [1.54, 1.807) is 27.7 Å². The highest BCUT2D eigenvalue weighted by molar-refractivity contribution is 5.92. The Morgan fingerprint density at radius 1 is 1.47 bits per heavy atom. The number of rotatable bonds is 1. The lowest BCUT2D eigenvalue weighted by molar-refractivity contribution is 0.00665. The van der Waals surface area contributed by atoms with E-state index < -0.39 is 11.6 Å². The molecule has 1 aromatic rings. The monoisotopic (exact) mass is 209 g/mol. The molecular weight excluding hydrogens is 194 g/mol. The average Bonchev–Trinajstić information content (AvgIpc) is 2.06. The van der Waals surface area contributed by atoms with Gasteiger partial charge in [-0.3, -0.25) is 4.98 Å². The number of hydrogen-bond acceptors (Lipinski definition) is 4. The van der Waals surface area contributed by atoms with Gasteiger partial charge in [-0.15, -0.1) is 0 Å². The van der Waals surface area contributed by atoms with Crippen LogP contribution in [0.4, 0.5) is 0 Å². The van der Waals surface area contributed by atoms with Crippen molar-refractivity contribution in [3.63, 3.8) is 0 Å². The van der Waals surface area contributed by atoms with Crippen molar-refractivity contribution in [3.8, 4) is 5.75 Å². The van der Waals surface area contributed by atoms with Gasteiger partial charge in [-0.1, -0.05) is 0 Å². The Morgan fingerprint density at radius 3 is 2.60 bits per heavy atom. The van der Waals surface area contributed by atoms with Crippen molar-refractivity contribution in [2.45, 2.75) is 33.3 Å².